The van der Waals surface area contributed by atoms with Crippen LogP contribution in [0.4, 0.5) is 8.78 Å². The second kappa shape index (κ2) is 6.56. The van der Waals surface area contributed by atoms with Gasteiger partial charge in [-0.3, -0.25) is 0 Å². The molecular formula is C15H18F2O3S. The molecule has 0 atom stereocenters. The van der Waals surface area contributed by atoms with Crippen molar-refractivity contribution in [1.29, 1.82) is 0 Å². The lowest BCUT2D eigenvalue weighted by atomic mass is 9.84. The minimum absolute atomic E-state index is 0.0511. The lowest BCUT2D eigenvalue weighted by molar-refractivity contribution is 0.412. The molecule has 0 heterocycles. The number of rotatable bonds is 4. The Kier molecular flexibility index (Phi) is 4.98. The first kappa shape index (κ1) is 15.9. The van der Waals surface area contributed by atoms with E-state index in [1.807, 2.05) is 12.1 Å². The Morgan fingerprint density at radius 2 is 1.67 bits per heavy atom. The third kappa shape index (κ3) is 4.03. The fourth-order valence-electron chi connectivity index (χ4n) is 2.52. The summed E-state index contributed by atoms with van der Waals surface area (Å²) in [5, 5.41) is 0. The summed E-state index contributed by atoms with van der Waals surface area (Å²) in [5.74, 6) is 0.546. The Hall–Kier alpha value is -1.43. The SMILES string of the molecule is CC(=C(F)F)S(=O)(=O)Oc1ccc(C2CCCCC2)cc1. The van der Waals surface area contributed by atoms with Crippen LogP contribution >= 0.6 is 0 Å². The molecule has 1 aliphatic rings. The lowest BCUT2D eigenvalue weighted by Gasteiger charge is -2.22. The maximum Gasteiger partial charge on any atom is 0.340 e. The van der Waals surface area contributed by atoms with Crippen molar-refractivity contribution in [3.63, 3.8) is 0 Å². The quantitative estimate of drug-likeness (QED) is 0.764. The largest absolute Gasteiger partial charge is 0.379 e. The van der Waals surface area contributed by atoms with E-state index in [9.17, 15) is 17.2 Å². The first-order valence-electron chi connectivity index (χ1n) is 6.96. The molecule has 6 heteroatoms. The van der Waals surface area contributed by atoms with E-state index in [0.717, 1.165) is 25.3 Å². The summed E-state index contributed by atoms with van der Waals surface area (Å²) < 4.78 is 52.5. The highest BCUT2D eigenvalue weighted by atomic mass is 32.2. The normalized spacial score (nSPS) is 16.5. The predicted octanol–water partition coefficient (Wildman–Crippen LogP) is 4.57. The molecule has 3 nitrogen and oxygen atoms in total. The fraction of sp³-hybridized carbons (Fsp3) is 0.467. The van der Waals surface area contributed by atoms with Crippen LogP contribution in [0.25, 0.3) is 0 Å². The first-order valence-corrected chi connectivity index (χ1v) is 8.37. The molecule has 21 heavy (non-hydrogen) atoms. The van der Waals surface area contributed by atoms with E-state index in [-0.39, 0.29) is 5.75 Å². The van der Waals surface area contributed by atoms with E-state index < -0.39 is 21.1 Å². The van der Waals surface area contributed by atoms with Gasteiger partial charge in [-0.2, -0.15) is 17.2 Å². The van der Waals surface area contributed by atoms with Crippen LogP contribution in [-0.4, -0.2) is 8.42 Å². The van der Waals surface area contributed by atoms with Crippen LogP contribution in [0.15, 0.2) is 35.3 Å². The van der Waals surface area contributed by atoms with Crippen LogP contribution in [0.3, 0.4) is 0 Å². The number of hydrogen-bond acceptors (Lipinski definition) is 3. The highest BCUT2D eigenvalue weighted by molar-refractivity contribution is 7.91. The highest BCUT2D eigenvalue weighted by Crippen LogP contribution is 2.33. The Morgan fingerprint density at radius 3 is 2.19 bits per heavy atom. The molecule has 0 aromatic heterocycles. The molecule has 0 bridgehead atoms. The Labute approximate surface area is 123 Å². The summed E-state index contributed by atoms with van der Waals surface area (Å²) >= 11 is 0. The van der Waals surface area contributed by atoms with Gasteiger partial charge in [0, 0.05) is 0 Å². The van der Waals surface area contributed by atoms with Crippen molar-refractivity contribution >= 4 is 10.1 Å². The van der Waals surface area contributed by atoms with Crippen LogP contribution < -0.4 is 4.18 Å². The lowest BCUT2D eigenvalue weighted by Crippen LogP contribution is -2.11. The maximum absolute atomic E-state index is 12.4. The van der Waals surface area contributed by atoms with E-state index in [1.165, 1.54) is 31.4 Å². The van der Waals surface area contributed by atoms with E-state index >= 15 is 0 Å². The highest BCUT2D eigenvalue weighted by Gasteiger charge is 2.21. The van der Waals surface area contributed by atoms with Gasteiger partial charge in [-0.25, -0.2) is 0 Å². The van der Waals surface area contributed by atoms with Gasteiger partial charge in [-0.15, -0.1) is 0 Å². The number of halogens is 2. The van der Waals surface area contributed by atoms with Gasteiger partial charge in [-0.1, -0.05) is 31.4 Å². The van der Waals surface area contributed by atoms with Crippen molar-refractivity contribution in [2.45, 2.75) is 44.9 Å². The van der Waals surface area contributed by atoms with Gasteiger partial charge in [0.25, 0.3) is 6.08 Å². The Morgan fingerprint density at radius 1 is 1.10 bits per heavy atom. The van der Waals surface area contributed by atoms with E-state index in [4.69, 9.17) is 4.18 Å². The van der Waals surface area contributed by atoms with Gasteiger partial charge in [0.1, 0.15) is 10.7 Å². The number of allylic oxidation sites excluding steroid dienone is 1. The van der Waals surface area contributed by atoms with Gasteiger partial charge >= 0.3 is 10.1 Å². The summed E-state index contributed by atoms with van der Waals surface area (Å²) in [6, 6.07) is 6.66. The van der Waals surface area contributed by atoms with Crippen molar-refractivity contribution in [3.05, 3.63) is 40.8 Å². The van der Waals surface area contributed by atoms with Crippen molar-refractivity contribution in [2.24, 2.45) is 0 Å². The molecule has 1 aliphatic carbocycles. The molecule has 1 fully saturated rings. The molecule has 0 aliphatic heterocycles. The van der Waals surface area contributed by atoms with Crippen LogP contribution in [0, 0.1) is 0 Å². The summed E-state index contributed by atoms with van der Waals surface area (Å²) in [6.07, 6.45) is 3.68. The Balaban J connectivity index is 2.11. The minimum atomic E-state index is -4.42. The number of benzene rings is 1. The molecule has 1 aromatic carbocycles. The Bertz CT molecular complexity index is 611. The van der Waals surface area contributed by atoms with E-state index in [0.29, 0.717) is 5.92 Å². The van der Waals surface area contributed by atoms with E-state index in [1.54, 1.807) is 0 Å². The van der Waals surface area contributed by atoms with Crippen molar-refractivity contribution in [3.8, 4) is 5.75 Å². The monoisotopic (exact) mass is 316 g/mol. The second-order valence-corrected chi connectivity index (χ2v) is 6.95. The van der Waals surface area contributed by atoms with Crippen LogP contribution in [0.1, 0.15) is 50.5 Å². The van der Waals surface area contributed by atoms with Gasteiger partial charge in [0.15, 0.2) is 0 Å². The van der Waals surface area contributed by atoms with Crippen LogP contribution in [0.2, 0.25) is 0 Å². The molecule has 1 aromatic rings. The van der Waals surface area contributed by atoms with Crippen LogP contribution in [0.5, 0.6) is 5.75 Å². The maximum atomic E-state index is 12.4. The molecule has 0 spiro atoms. The first-order chi connectivity index (χ1) is 9.90. The van der Waals surface area contributed by atoms with Crippen molar-refractivity contribution < 1.29 is 21.4 Å². The minimum Gasteiger partial charge on any atom is -0.379 e. The molecule has 0 unspecified atom stereocenters. The topological polar surface area (TPSA) is 43.4 Å². The zero-order valence-electron chi connectivity index (χ0n) is 11.8. The molecule has 1 saturated carbocycles. The summed E-state index contributed by atoms with van der Waals surface area (Å²) in [4.78, 5) is -1.06. The average molecular weight is 316 g/mol. The zero-order valence-corrected chi connectivity index (χ0v) is 12.6. The summed E-state index contributed by atoms with van der Waals surface area (Å²) in [6.45, 7) is 0.820. The van der Waals surface area contributed by atoms with Crippen LogP contribution in [-0.2, 0) is 10.1 Å². The molecule has 2 rings (SSSR count). The van der Waals surface area contributed by atoms with Gasteiger partial charge in [-0.05, 0) is 43.4 Å². The summed E-state index contributed by atoms with van der Waals surface area (Å²) in [5.41, 5.74) is 1.14. The average Bonchev–Trinajstić information content (AvgIpc) is 2.47. The second-order valence-electron chi connectivity index (χ2n) is 5.26. The molecule has 0 radical (unpaired) electrons. The third-order valence-corrected chi connectivity index (χ3v) is 5.12. The molecule has 0 saturated heterocycles. The fourth-order valence-corrected chi connectivity index (χ4v) is 3.19. The third-order valence-electron chi connectivity index (χ3n) is 3.80. The molecule has 0 N–H and O–H groups in total. The molecule has 0 amide bonds. The summed E-state index contributed by atoms with van der Waals surface area (Å²) in [7, 11) is -4.42. The smallest absolute Gasteiger partial charge is 0.340 e. The standard InChI is InChI=1S/C15H18F2O3S/c1-11(15(16)17)21(18,19)20-14-9-7-13(8-10-14)12-5-3-2-4-6-12/h7-10,12H,2-6H2,1H3. The van der Waals surface area contributed by atoms with Gasteiger partial charge in [0.2, 0.25) is 0 Å². The molecule has 116 valence electrons. The van der Waals surface area contributed by atoms with Crippen molar-refractivity contribution in [2.75, 3.05) is 0 Å². The van der Waals surface area contributed by atoms with Gasteiger partial charge < -0.3 is 4.18 Å². The van der Waals surface area contributed by atoms with Crippen molar-refractivity contribution in [1.82, 2.24) is 0 Å². The molecular weight excluding hydrogens is 298 g/mol. The predicted molar refractivity (Wildman–Crippen MR) is 76.7 cm³/mol. The zero-order chi connectivity index (χ0) is 15.5. The van der Waals surface area contributed by atoms with Gasteiger partial charge in [0.05, 0.1) is 0 Å². The number of hydrogen-bond donors (Lipinski definition) is 0. The van der Waals surface area contributed by atoms with E-state index in [2.05, 4.69) is 0 Å².